The number of hydrogen-bond acceptors (Lipinski definition) is 4. The van der Waals surface area contributed by atoms with E-state index in [1.807, 2.05) is 0 Å². The van der Waals surface area contributed by atoms with E-state index < -0.39 is 0 Å². The monoisotopic (exact) mass is 304 g/mol. The molecule has 3 rings (SSSR count). The van der Waals surface area contributed by atoms with Crippen molar-refractivity contribution in [3.63, 3.8) is 0 Å². The molecule has 0 aliphatic heterocycles. The molecule has 0 bridgehead atoms. The quantitative estimate of drug-likeness (QED) is 0.831. The van der Waals surface area contributed by atoms with Gasteiger partial charge in [-0.05, 0) is 37.8 Å². The summed E-state index contributed by atoms with van der Waals surface area (Å²) in [5, 5.41) is 7.40. The summed E-state index contributed by atoms with van der Waals surface area (Å²) < 4.78 is 1.76. The third-order valence-corrected chi connectivity index (χ3v) is 4.87. The predicted molar refractivity (Wildman–Crippen MR) is 84.7 cm³/mol. The van der Waals surface area contributed by atoms with E-state index >= 15 is 0 Å². The molecule has 1 fully saturated rings. The first kappa shape index (κ1) is 14.4. The molecule has 0 radical (unpaired) electrons. The van der Waals surface area contributed by atoms with Crippen molar-refractivity contribution in [2.24, 2.45) is 5.73 Å². The lowest BCUT2D eigenvalue weighted by molar-refractivity contribution is 0.641. The molecule has 1 aromatic heterocycles. The summed E-state index contributed by atoms with van der Waals surface area (Å²) in [7, 11) is 0. The number of benzene rings is 1. The van der Waals surface area contributed by atoms with E-state index in [1.54, 1.807) is 16.3 Å². The highest BCUT2D eigenvalue weighted by Gasteiger charge is 2.28. The number of nitrogens with zero attached hydrogens (tertiary/aromatic N) is 2. The van der Waals surface area contributed by atoms with Crippen molar-refractivity contribution in [3.8, 4) is 0 Å². The largest absolute Gasteiger partial charge is 0.344 e. The Morgan fingerprint density at radius 2 is 2.24 bits per heavy atom. The van der Waals surface area contributed by atoms with Crippen LogP contribution < -0.4 is 11.4 Å². The van der Waals surface area contributed by atoms with Gasteiger partial charge in [0.2, 0.25) is 0 Å². The van der Waals surface area contributed by atoms with Crippen LogP contribution in [0.5, 0.6) is 0 Å². The number of H-pyrrole nitrogens is 1. The molecule has 0 saturated heterocycles. The van der Waals surface area contributed by atoms with Crippen LogP contribution in [0.3, 0.4) is 0 Å². The Balaban J connectivity index is 1.71. The number of nitrogens with two attached hydrogens (primary N) is 1. The number of aryl methyl sites for hydroxylation is 2. The van der Waals surface area contributed by atoms with Crippen molar-refractivity contribution >= 4 is 11.8 Å². The van der Waals surface area contributed by atoms with Crippen molar-refractivity contribution in [1.82, 2.24) is 14.8 Å². The number of aromatic nitrogens is 3. The standard InChI is InChI=1S/C15H20N4OS/c1-9-3-6-12(10(2)7-9)13(16)8-21-15-18-17-14(20)19(15)11-4-5-11/h3,6-7,11,13H,4-5,8,16H2,1-2H3,(H,17,20). The van der Waals surface area contributed by atoms with E-state index in [0.29, 0.717) is 11.8 Å². The van der Waals surface area contributed by atoms with Crippen LogP contribution in [-0.4, -0.2) is 20.5 Å². The van der Waals surface area contributed by atoms with E-state index in [4.69, 9.17) is 5.73 Å². The van der Waals surface area contributed by atoms with Gasteiger partial charge in [0.1, 0.15) is 0 Å². The van der Waals surface area contributed by atoms with Crippen LogP contribution in [0.1, 0.15) is 41.6 Å². The van der Waals surface area contributed by atoms with Crippen molar-refractivity contribution in [2.75, 3.05) is 5.75 Å². The van der Waals surface area contributed by atoms with Gasteiger partial charge in [0, 0.05) is 17.8 Å². The predicted octanol–water partition coefficient (Wildman–Crippen LogP) is 2.32. The van der Waals surface area contributed by atoms with Crippen LogP contribution in [0.25, 0.3) is 0 Å². The number of nitrogens with one attached hydrogen (secondary N) is 1. The molecule has 3 N–H and O–H groups in total. The Bertz CT molecular complexity index is 702. The van der Waals surface area contributed by atoms with E-state index in [1.165, 1.54) is 11.1 Å². The lowest BCUT2D eigenvalue weighted by Crippen LogP contribution is -2.18. The average molecular weight is 304 g/mol. The summed E-state index contributed by atoms with van der Waals surface area (Å²) in [6, 6.07) is 6.59. The molecule has 6 heteroatoms. The van der Waals surface area contributed by atoms with Crippen LogP contribution in [0, 0.1) is 13.8 Å². The summed E-state index contributed by atoms with van der Waals surface area (Å²) in [6.07, 6.45) is 2.13. The fourth-order valence-corrected chi connectivity index (χ4v) is 3.53. The molecule has 1 aliphatic carbocycles. The second kappa shape index (κ2) is 5.69. The lowest BCUT2D eigenvalue weighted by Gasteiger charge is -2.15. The zero-order chi connectivity index (χ0) is 15.0. The van der Waals surface area contributed by atoms with Gasteiger partial charge in [-0.3, -0.25) is 4.57 Å². The molecule has 21 heavy (non-hydrogen) atoms. The highest BCUT2D eigenvalue weighted by atomic mass is 32.2. The number of hydrogen-bond donors (Lipinski definition) is 2. The molecule has 1 unspecified atom stereocenters. The first-order valence-corrected chi connectivity index (χ1v) is 8.17. The SMILES string of the molecule is Cc1ccc(C(N)CSc2n[nH]c(=O)n2C2CC2)c(C)c1. The Morgan fingerprint density at radius 3 is 2.90 bits per heavy atom. The first-order valence-electron chi connectivity index (χ1n) is 7.18. The van der Waals surface area contributed by atoms with E-state index in [0.717, 1.165) is 23.6 Å². The summed E-state index contributed by atoms with van der Waals surface area (Å²) >= 11 is 1.55. The molecule has 0 amide bonds. The molecule has 1 aromatic carbocycles. The van der Waals surface area contributed by atoms with E-state index in [9.17, 15) is 4.79 Å². The zero-order valence-electron chi connectivity index (χ0n) is 12.3. The summed E-state index contributed by atoms with van der Waals surface area (Å²) in [6.45, 7) is 4.16. The summed E-state index contributed by atoms with van der Waals surface area (Å²) in [5.74, 6) is 0.709. The van der Waals surface area contributed by atoms with Crippen LogP contribution in [-0.2, 0) is 0 Å². The maximum absolute atomic E-state index is 11.7. The Morgan fingerprint density at radius 1 is 1.48 bits per heavy atom. The fraction of sp³-hybridized carbons (Fsp3) is 0.467. The summed E-state index contributed by atoms with van der Waals surface area (Å²) in [4.78, 5) is 11.7. The van der Waals surface area contributed by atoms with Gasteiger partial charge in [0.25, 0.3) is 0 Å². The number of rotatable bonds is 5. The van der Waals surface area contributed by atoms with Crippen molar-refractivity contribution in [1.29, 1.82) is 0 Å². The van der Waals surface area contributed by atoms with Crippen LogP contribution >= 0.6 is 11.8 Å². The fourth-order valence-electron chi connectivity index (χ4n) is 2.54. The van der Waals surface area contributed by atoms with Crippen molar-refractivity contribution in [2.45, 2.75) is 43.9 Å². The topological polar surface area (TPSA) is 76.7 Å². The van der Waals surface area contributed by atoms with Gasteiger partial charge < -0.3 is 5.73 Å². The molecule has 1 heterocycles. The van der Waals surface area contributed by atoms with Crippen molar-refractivity contribution < 1.29 is 0 Å². The van der Waals surface area contributed by atoms with Crippen LogP contribution in [0.15, 0.2) is 28.2 Å². The molecule has 5 nitrogen and oxygen atoms in total. The molecule has 1 saturated carbocycles. The molecule has 0 spiro atoms. The number of aromatic amines is 1. The highest BCUT2D eigenvalue weighted by Crippen LogP contribution is 2.36. The number of thioether (sulfide) groups is 1. The zero-order valence-corrected chi connectivity index (χ0v) is 13.1. The Labute approximate surface area is 127 Å². The van der Waals surface area contributed by atoms with Gasteiger partial charge in [-0.15, -0.1) is 5.10 Å². The van der Waals surface area contributed by atoms with Gasteiger partial charge >= 0.3 is 5.69 Å². The molecule has 2 aromatic rings. The lowest BCUT2D eigenvalue weighted by atomic mass is 10.0. The van der Waals surface area contributed by atoms with Gasteiger partial charge in [0.15, 0.2) is 5.16 Å². The van der Waals surface area contributed by atoms with Gasteiger partial charge in [-0.2, -0.15) is 0 Å². The third kappa shape index (κ3) is 3.06. The first-order chi connectivity index (χ1) is 10.1. The van der Waals surface area contributed by atoms with Gasteiger partial charge in [-0.25, -0.2) is 9.89 Å². The molecule has 1 atom stereocenters. The minimum Gasteiger partial charge on any atom is -0.323 e. The molecular formula is C15H20N4OS. The highest BCUT2D eigenvalue weighted by molar-refractivity contribution is 7.99. The maximum atomic E-state index is 11.7. The summed E-state index contributed by atoms with van der Waals surface area (Å²) in [5.41, 5.74) is 9.80. The minimum absolute atomic E-state index is 0.0601. The molecule has 1 aliphatic rings. The molecular weight excluding hydrogens is 284 g/mol. The van der Waals surface area contributed by atoms with E-state index in [-0.39, 0.29) is 11.7 Å². The minimum atomic E-state index is -0.111. The normalized spacial score (nSPS) is 16.1. The smallest absolute Gasteiger partial charge is 0.323 e. The Kier molecular flexibility index (Phi) is 3.91. The van der Waals surface area contributed by atoms with Crippen LogP contribution in [0.4, 0.5) is 0 Å². The Hall–Kier alpha value is -1.53. The van der Waals surface area contributed by atoms with Crippen molar-refractivity contribution in [3.05, 3.63) is 45.4 Å². The maximum Gasteiger partial charge on any atom is 0.344 e. The van der Waals surface area contributed by atoms with E-state index in [2.05, 4.69) is 42.2 Å². The van der Waals surface area contributed by atoms with Gasteiger partial charge in [0.05, 0.1) is 0 Å². The van der Waals surface area contributed by atoms with Gasteiger partial charge in [-0.1, -0.05) is 35.5 Å². The van der Waals surface area contributed by atoms with Crippen LogP contribution in [0.2, 0.25) is 0 Å². The average Bonchev–Trinajstić information content (AvgIpc) is 3.20. The second-order valence-corrected chi connectivity index (χ2v) is 6.68. The second-order valence-electron chi connectivity index (χ2n) is 5.69. The molecule has 112 valence electrons. The third-order valence-electron chi connectivity index (χ3n) is 3.80.